The highest BCUT2D eigenvalue weighted by Crippen LogP contribution is 2.17. The van der Waals surface area contributed by atoms with Crippen LogP contribution in [0, 0.1) is 20.8 Å². The molecule has 0 saturated carbocycles. The lowest BCUT2D eigenvalue weighted by atomic mass is 10.2. The number of pyridine rings is 1. The standard InChI is InChI=1S/C17H24N4O2/c1-10(2)21-13(5)15(12(4)19-21)9-18-17(23)16-8-14(22)7-11(3)20(16)6/h7-8,10H,9H2,1-6H3,(H,18,23). The molecule has 0 atom stereocenters. The summed E-state index contributed by atoms with van der Waals surface area (Å²) in [7, 11) is 1.77. The Kier molecular flexibility index (Phi) is 4.73. The predicted octanol–water partition coefficient (Wildman–Crippen LogP) is 2.02. The van der Waals surface area contributed by atoms with Crippen molar-refractivity contribution in [3.63, 3.8) is 0 Å². The van der Waals surface area contributed by atoms with Crippen LogP contribution in [0.25, 0.3) is 0 Å². The fraction of sp³-hybridized carbons (Fsp3) is 0.471. The van der Waals surface area contributed by atoms with Crippen LogP contribution in [-0.2, 0) is 13.6 Å². The Hall–Kier alpha value is -2.37. The minimum atomic E-state index is -0.260. The third kappa shape index (κ3) is 3.36. The number of hydrogen-bond donors (Lipinski definition) is 1. The SMILES string of the molecule is Cc1nn(C(C)C)c(C)c1CNC(=O)c1cc(=O)cc(C)n1C. The summed E-state index contributed by atoms with van der Waals surface area (Å²) in [4.78, 5) is 24.0. The number of amides is 1. The van der Waals surface area contributed by atoms with Crippen molar-refractivity contribution in [2.24, 2.45) is 7.05 Å². The monoisotopic (exact) mass is 316 g/mol. The molecule has 0 bridgehead atoms. The maximum atomic E-state index is 12.4. The van der Waals surface area contributed by atoms with Gasteiger partial charge in [-0.05, 0) is 34.6 Å². The van der Waals surface area contributed by atoms with Crippen LogP contribution in [0.4, 0.5) is 0 Å². The van der Waals surface area contributed by atoms with Gasteiger partial charge in [0.2, 0.25) is 0 Å². The first-order chi connectivity index (χ1) is 10.7. The van der Waals surface area contributed by atoms with Gasteiger partial charge < -0.3 is 9.88 Å². The molecule has 2 heterocycles. The predicted molar refractivity (Wildman–Crippen MR) is 89.7 cm³/mol. The summed E-state index contributed by atoms with van der Waals surface area (Å²) < 4.78 is 3.67. The van der Waals surface area contributed by atoms with E-state index in [-0.39, 0.29) is 17.4 Å². The third-order valence-corrected chi connectivity index (χ3v) is 4.14. The molecule has 23 heavy (non-hydrogen) atoms. The number of nitrogens with zero attached hydrogens (tertiary/aromatic N) is 3. The molecule has 6 nitrogen and oxygen atoms in total. The van der Waals surface area contributed by atoms with E-state index in [2.05, 4.69) is 24.3 Å². The Morgan fingerprint density at radius 2 is 1.91 bits per heavy atom. The molecule has 0 saturated heterocycles. The van der Waals surface area contributed by atoms with Crippen LogP contribution in [0.3, 0.4) is 0 Å². The van der Waals surface area contributed by atoms with Gasteiger partial charge in [0, 0.05) is 48.7 Å². The molecular weight excluding hydrogens is 292 g/mol. The minimum absolute atomic E-state index is 0.161. The molecule has 2 aromatic rings. The molecule has 0 aliphatic rings. The van der Waals surface area contributed by atoms with Crippen molar-refractivity contribution in [1.29, 1.82) is 0 Å². The van der Waals surface area contributed by atoms with E-state index in [1.165, 1.54) is 12.1 Å². The van der Waals surface area contributed by atoms with Crippen LogP contribution in [0.1, 0.15) is 53.0 Å². The average molecular weight is 316 g/mol. The van der Waals surface area contributed by atoms with E-state index in [1.54, 1.807) is 18.5 Å². The van der Waals surface area contributed by atoms with E-state index in [1.807, 2.05) is 18.5 Å². The smallest absolute Gasteiger partial charge is 0.268 e. The molecule has 0 radical (unpaired) electrons. The zero-order chi connectivity index (χ0) is 17.3. The average Bonchev–Trinajstić information content (AvgIpc) is 2.75. The molecule has 0 aromatic carbocycles. The molecule has 0 fully saturated rings. The lowest BCUT2D eigenvalue weighted by molar-refractivity contribution is 0.0941. The second kappa shape index (κ2) is 6.40. The molecule has 124 valence electrons. The number of carbonyl (C=O) groups is 1. The van der Waals surface area contributed by atoms with Crippen LogP contribution < -0.4 is 10.7 Å². The molecule has 2 rings (SSSR count). The number of nitrogens with one attached hydrogen (secondary N) is 1. The number of carbonyl (C=O) groups excluding carboxylic acids is 1. The van der Waals surface area contributed by atoms with Gasteiger partial charge in [0.1, 0.15) is 5.69 Å². The molecule has 0 aliphatic heterocycles. The highest BCUT2D eigenvalue weighted by molar-refractivity contribution is 5.92. The van der Waals surface area contributed by atoms with Crippen molar-refractivity contribution >= 4 is 5.91 Å². The van der Waals surface area contributed by atoms with Crippen LogP contribution in [-0.4, -0.2) is 20.3 Å². The first kappa shape index (κ1) is 17.0. The van der Waals surface area contributed by atoms with Crippen LogP contribution >= 0.6 is 0 Å². The maximum absolute atomic E-state index is 12.4. The Bertz CT molecular complexity index is 800. The summed E-state index contributed by atoms with van der Waals surface area (Å²) in [5.41, 5.74) is 3.94. The number of rotatable bonds is 4. The molecule has 1 amide bonds. The number of hydrogen-bond acceptors (Lipinski definition) is 3. The van der Waals surface area contributed by atoms with E-state index in [0.717, 1.165) is 22.6 Å². The van der Waals surface area contributed by atoms with E-state index in [4.69, 9.17) is 0 Å². The van der Waals surface area contributed by atoms with Gasteiger partial charge in [-0.15, -0.1) is 0 Å². The van der Waals surface area contributed by atoms with Gasteiger partial charge in [-0.3, -0.25) is 14.3 Å². The van der Waals surface area contributed by atoms with E-state index >= 15 is 0 Å². The lowest BCUT2D eigenvalue weighted by Gasteiger charge is -2.12. The normalized spacial score (nSPS) is 11.1. The molecule has 6 heteroatoms. The van der Waals surface area contributed by atoms with Crippen LogP contribution in [0.2, 0.25) is 0 Å². The summed E-state index contributed by atoms with van der Waals surface area (Å²) in [5.74, 6) is -0.260. The van der Waals surface area contributed by atoms with Crippen molar-refractivity contribution in [2.45, 2.75) is 47.2 Å². The van der Waals surface area contributed by atoms with Crippen molar-refractivity contribution in [3.05, 3.63) is 50.7 Å². The number of aromatic nitrogens is 3. The Morgan fingerprint density at radius 1 is 1.26 bits per heavy atom. The lowest BCUT2D eigenvalue weighted by Crippen LogP contribution is -2.28. The summed E-state index contributed by atoms with van der Waals surface area (Å²) >= 11 is 0. The Balaban J connectivity index is 2.22. The quantitative estimate of drug-likeness (QED) is 0.938. The maximum Gasteiger partial charge on any atom is 0.268 e. The van der Waals surface area contributed by atoms with E-state index in [0.29, 0.717) is 12.2 Å². The third-order valence-electron chi connectivity index (χ3n) is 4.14. The van der Waals surface area contributed by atoms with Crippen molar-refractivity contribution < 1.29 is 4.79 Å². The van der Waals surface area contributed by atoms with Crippen molar-refractivity contribution in [2.75, 3.05) is 0 Å². The van der Waals surface area contributed by atoms with Gasteiger partial charge in [0.05, 0.1) is 5.69 Å². The van der Waals surface area contributed by atoms with Gasteiger partial charge in [0.15, 0.2) is 5.43 Å². The zero-order valence-electron chi connectivity index (χ0n) is 14.6. The number of aryl methyl sites for hydroxylation is 2. The van der Waals surface area contributed by atoms with E-state index in [9.17, 15) is 9.59 Å². The molecule has 0 unspecified atom stereocenters. The Labute approximate surface area is 136 Å². The van der Waals surface area contributed by atoms with Crippen molar-refractivity contribution in [1.82, 2.24) is 19.7 Å². The molecular formula is C17H24N4O2. The fourth-order valence-corrected chi connectivity index (χ4v) is 2.70. The molecule has 0 spiro atoms. The van der Waals surface area contributed by atoms with Gasteiger partial charge in [0.25, 0.3) is 5.91 Å². The second-order valence-electron chi connectivity index (χ2n) is 6.15. The summed E-state index contributed by atoms with van der Waals surface area (Å²) in [5, 5.41) is 7.41. The molecule has 0 aliphatic carbocycles. The van der Waals surface area contributed by atoms with Gasteiger partial charge in [-0.1, -0.05) is 0 Å². The first-order valence-corrected chi connectivity index (χ1v) is 7.72. The van der Waals surface area contributed by atoms with E-state index < -0.39 is 0 Å². The minimum Gasteiger partial charge on any atom is -0.347 e. The van der Waals surface area contributed by atoms with Gasteiger partial charge in [-0.2, -0.15) is 5.10 Å². The van der Waals surface area contributed by atoms with Crippen molar-refractivity contribution in [3.8, 4) is 0 Å². The first-order valence-electron chi connectivity index (χ1n) is 7.72. The van der Waals surface area contributed by atoms with Gasteiger partial charge >= 0.3 is 0 Å². The summed E-state index contributed by atoms with van der Waals surface area (Å²) in [6, 6.07) is 3.15. The van der Waals surface area contributed by atoms with Gasteiger partial charge in [-0.25, -0.2) is 0 Å². The second-order valence-corrected chi connectivity index (χ2v) is 6.15. The summed E-state index contributed by atoms with van der Waals surface area (Å²) in [6.45, 7) is 10.3. The largest absolute Gasteiger partial charge is 0.347 e. The highest BCUT2D eigenvalue weighted by atomic mass is 16.2. The fourth-order valence-electron chi connectivity index (χ4n) is 2.70. The van der Waals surface area contributed by atoms with Crippen LogP contribution in [0.15, 0.2) is 16.9 Å². The Morgan fingerprint density at radius 3 is 2.48 bits per heavy atom. The zero-order valence-corrected chi connectivity index (χ0v) is 14.6. The topological polar surface area (TPSA) is 68.9 Å². The molecule has 1 N–H and O–H groups in total. The summed E-state index contributed by atoms with van der Waals surface area (Å²) in [6.07, 6.45) is 0. The highest BCUT2D eigenvalue weighted by Gasteiger charge is 2.16. The van der Waals surface area contributed by atoms with Crippen LogP contribution in [0.5, 0.6) is 0 Å². The molecule has 2 aromatic heterocycles.